The van der Waals surface area contributed by atoms with Crippen LogP contribution in [0.5, 0.6) is 6.01 Å². The predicted octanol–water partition coefficient (Wildman–Crippen LogP) is 2.52. The minimum atomic E-state index is -0.0292. The molecule has 1 aliphatic rings. The van der Waals surface area contributed by atoms with Crippen LogP contribution < -0.4 is 4.74 Å². The van der Waals surface area contributed by atoms with Crippen LogP contribution in [-0.2, 0) is 11.2 Å². The third kappa shape index (κ3) is 3.79. The lowest BCUT2D eigenvalue weighted by atomic mass is 10.3. The van der Waals surface area contributed by atoms with E-state index in [1.807, 2.05) is 22.4 Å². The summed E-state index contributed by atoms with van der Waals surface area (Å²) in [6.07, 6.45) is 4.56. The van der Waals surface area contributed by atoms with E-state index in [1.165, 1.54) is 0 Å². The molecule has 1 aliphatic heterocycles. The van der Waals surface area contributed by atoms with Crippen LogP contribution in [0.2, 0.25) is 0 Å². The summed E-state index contributed by atoms with van der Waals surface area (Å²) in [6.45, 7) is 1.33. The number of carbonyl (C=O) groups is 1. The van der Waals surface area contributed by atoms with Crippen LogP contribution >= 0.6 is 27.3 Å². The summed E-state index contributed by atoms with van der Waals surface area (Å²) in [6, 6.07) is 4.31. The van der Waals surface area contributed by atoms with E-state index in [0.717, 1.165) is 22.3 Å². The zero-order chi connectivity index (χ0) is 14.7. The highest BCUT2D eigenvalue weighted by atomic mass is 79.9. The number of hydrogen-bond donors (Lipinski definition) is 0. The summed E-state index contributed by atoms with van der Waals surface area (Å²) in [5.74, 6) is 0.153. The maximum atomic E-state index is 12.2. The highest BCUT2D eigenvalue weighted by Crippen LogP contribution is 2.18. The SMILES string of the molecule is O=C(Cc1cccs1)N1CCC(Oc2ncc(Br)cn2)C1. The first-order valence-corrected chi connectivity index (χ1v) is 8.32. The summed E-state index contributed by atoms with van der Waals surface area (Å²) in [5.41, 5.74) is 0. The van der Waals surface area contributed by atoms with Gasteiger partial charge in [0.15, 0.2) is 0 Å². The van der Waals surface area contributed by atoms with Crippen LogP contribution in [0.1, 0.15) is 11.3 Å². The molecule has 0 aliphatic carbocycles. The van der Waals surface area contributed by atoms with Gasteiger partial charge in [0.05, 0.1) is 17.4 Å². The largest absolute Gasteiger partial charge is 0.458 e. The van der Waals surface area contributed by atoms with E-state index >= 15 is 0 Å². The van der Waals surface area contributed by atoms with Gasteiger partial charge in [0.1, 0.15) is 6.10 Å². The van der Waals surface area contributed by atoms with Gasteiger partial charge in [0, 0.05) is 30.2 Å². The van der Waals surface area contributed by atoms with Crippen LogP contribution in [0.15, 0.2) is 34.4 Å². The van der Waals surface area contributed by atoms with E-state index in [1.54, 1.807) is 23.7 Å². The number of aromatic nitrogens is 2. The number of ether oxygens (including phenoxy) is 1. The molecular formula is C14H14BrN3O2S. The Morgan fingerprint density at radius 2 is 2.29 bits per heavy atom. The summed E-state index contributed by atoms with van der Waals surface area (Å²) < 4.78 is 6.53. The second kappa shape index (κ2) is 6.53. The average molecular weight is 368 g/mol. The smallest absolute Gasteiger partial charge is 0.316 e. The first-order chi connectivity index (χ1) is 10.2. The van der Waals surface area contributed by atoms with Crippen molar-refractivity contribution in [2.24, 2.45) is 0 Å². The van der Waals surface area contributed by atoms with Gasteiger partial charge in [-0.2, -0.15) is 0 Å². The van der Waals surface area contributed by atoms with Crippen molar-refractivity contribution in [3.8, 4) is 6.01 Å². The molecule has 2 aromatic heterocycles. The fraction of sp³-hybridized carbons (Fsp3) is 0.357. The molecule has 0 aromatic carbocycles. The number of amides is 1. The molecule has 1 amide bonds. The van der Waals surface area contributed by atoms with Crippen molar-refractivity contribution in [2.75, 3.05) is 13.1 Å². The number of nitrogens with zero attached hydrogens (tertiary/aromatic N) is 3. The summed E-state index contributed by atoms with van der Waals surface area (Å²) in [4.78, 5) is 23.3. The number of halogens is 1. The van der Waals surface area contributed by atoms with E-state index in [2.05, 4.69) is 25.9 Å². The first kappa shape index (κ1) is 14.5. The van der Waals surface area contributed by atoms with E-state index in [9.17, 15) is 4.79 Å². The highest BCUT2D eigenvalue weighted by Gasteiger charge is 2.28. The molecule has 0 spiro atoms. The van der Waals surface area contributed by atoms with Crippen LogP contribution in [0.4, 0.5) is 0 Å². The molecule has 2 aromatic rings. The number of thiophene rings is 1. The van der Waals surface area contributed by atoms with Gasteiger partial charge in [-0.05, 0) is 27.4 Å². The van der Waals surface area contributed by atoms with Crippen molar-refractivity contribution in [3.05, 3.63) is 39.3 Å². The summed E-state index contributed by atoms with van der Waals surface area (Å²) in [5, 5.41) is 1.99. The Labute approximate surface area is 135 Å². The van der Waals surface area contributed by atoms with E-state index in [0.29, 0.717) is 19.0 Å². The summed E-state index contributed by atoms with van der Waals surface area (Å²) >= 11 is 4.89. The van der Waals surface area contributed by atoms with Crippen molar-refractivity contribution in [3.63, 3.8) is 0 Å². The fourth-order valence-electron chi connectivity index (χ4n) is 2.24. The van der Waals surface area contributed by atoms with Crippen molar-refractivity contribution in [2.45, 2.75) is 18.9 Å². The predicted molar refractivity (Wildman–Crippen MR) is 83.4 cm³/mol. The molecule has 3 heterocycles. The zero-order valence-corrected chi connectivity index (χ0v) is 13.6. The lowest BCUT2D eigenvalue weighted by Crippen LogP contribution is -2.32. The highest BCUT2D eigenvalue weighted by molar-refractivity contribution is 9.10. The van der Waals surface area contributed by atoms with E-state index < -0.39 is 0 Å². The Morgan fingerprint density at radius 3 is 3.00 bits per heavy atom. The molecule has 0 saturated carbocycles. The van der Waals surface area contributed by atoms with Crippen LogP contribution in [0.3, 0.4) is 0 Å². The van der Waals surface area contributed by atoms with Gasteiger partial charge in [-0.1, -0.05) is 6.07 Å². The maximum Gasteiger partial charge on any atom is 0.316 e. The van der Waals surface area contributed by atoms with Gasteiger partial charge >= 0.3 is 6.01 Å². The van der Waals surface area contributed by atoms with Gasteiger partial charge in [0.2, 0.25) is 5.91 Å². The Balaban J connectivity index is 1.53. The van der Waals surface area contributed by atoms with Crippen molar-refractivity contribution < 1.29 is 9.53 Å². The Morgan fingerprint density at radius 1 is 1.48 bits per heavy atom. The molecule has 110 valence electrons. The monoisotopic (exact) mass is 367 g/mol. The number of hydrogen-bond acceptors (Lipinski definition) is 5. The minimum Gasteiger partial charge on any atom is -0.458 e. The molecule has 1 atom stereocenters. The molecule has 0 N–H and O–H groups in total. The molecule has 7 heteroatoms. The molecule has 1 saturated heterocycles. The molecule has 0 bridgehead atoms. The molecule has 1 fully saturated rings. The second-order valence-corrected chi connectivity index (χ2v) is 6.76. The Bertz CT molecular complexity index is 603. The number of carbonyl (C=O) groups excluding carboxylic acids is 1. The van der Waals surface area contributed by atoms with Crippen LogP contribution in [-0.4, -0.2) is 40.0 Å². The Hall–Kier alpha value is -1.47. The fourth-order valence-corrected chi connectivity index (χ4v) is 3.14. The Kier molecular flexibility index (Phi) is 4.50. The molecule has 1 unspecified atom stereocenters. The third-order valence-corrected chi connectivity index (χ3v) is 4.56. The van der Waals surface area contributed by atoms with Gasteiger partial charge in [-0.25, -0.2) is 9.97 Å². The van der Waals surface area contributed by atoms with E-state index in [-0.39, 0.29) is 12.0 Å². The maximum absolute atomic E-state index is 12.2. The standard InChI is InChI=1S/C14H14BrN3O2S/c15-10-7-16-14(17-8-10)20-11-3-4-18(9-11)13(19)6-12-2-1-5-21-12/h1-2,5,7-8,11H,3-4,6,9H2. The van der Waals surface area contributed by atoms with Gasteiger partial charge in [0.25, 0.3) is 0 Å². The topological polar surface area (TPSA) is 55.3 Å². The minimum absolute atomic E-state index is 0.0292. The van der Waals surface area contributed by atoms with E-state index in [4.69, 9.17) is 4.74 Å². The molecule has 5 nitrogen and oxygen atoms in total. The number of rotatable bonds is 4. The van der Waals surface area contributed by atoms with Gasteiger partial charge in [-0.15, -0.1) is 11.3 Å². The van der Waals surface area contributed by atoms with Crippen molar-refractivity contribution in [1.82, 2.24) is 14.9 Å². The molecule has 3 rings (SSSR count). The first-order valence-electron chi connectivity index (χ1n) is 6.65. The average Bonchev–Trinajstić information content (AvgIpc) is 3.13. The van der Waals surface area contributed by atoms with Gasteiger partial charge < -0.3 is 9.64 Å². The van der Waals surface area contributed by atoms with Crippen molar-refractivity contribution in [1.29, 1.82) is 0 Å². The molecular weight excluding hydrogens is 354 g/mol. The number of likely N-dealkylation sites (tertiary alicyclic amines) is 1. The lowest BCUT2D eigenvalue weighted by Gasteiger charge is -2.16. The summed E-state index contributed by atoms with van der Waals surface area (Å²) in [7, 11) is 0. The quantitative estimate of drug-likeness (QED) is 0.832. The molecule has 21 heavy (non-hydrogen) atoms. The van der Waals surface area contributed by atoms with Crippen LogP contribution in [0, 0.1) is 0 Å². The lowest BCUT2D eigenvalue weighted by molar-refractivity contribution is -0.129. The second-order valence-electron chi connectivity index (χ2n) is 4.81. The molecule has 0 radical (unpaired) electrons. The normalized spacial score (nSPS) is 18.0. The third-order valence-electron chi connectivity index (χ3n) is 3.27. The zero-order valence-electron chi connectivity index (χ0n) is 11.2. The van der Waals surface area contributed by atoms with Crippen LogP contribution in [0.25, 0.3) is 0 Å². The van der Waals surface area contributed by atoms with Gasteiger partial charge in [-0.3, -0.25) is 4.79 Å². The van der Waals surface area contributed by atoms with Crippen molar-refractivity contribution >= 4 is 33.2 Å².